The summed E-state index contributed by atoms with van der Waals surface area (Å²) >= 11 is 0. The van der Waals surface area contributed by atoms with Gasteiger partial charge in [-0.25, -0.2) is 19.3 Å². The summed E-state index contributed by atoms with van der Waals surface area (Å²) in [6, 6.07) is 10.1. The Bertz CT molecular complexity index is 1650. The maximum absolute atomic E-state index is 12.8. The average Bonchev–Trinajstić information content (AvgIpc) is 3.64. The second-order valence-electron chi connectivity index (χ2n) is 9.99. The smallest absolute Gasteiger partial charge is 0.342 e. The van der Waals surface area contributed by atoms with Gasteiger partial charge in [-0.3, -0.25) is 9.58 Å². The highest BCUT2D eigenvalue weighted by Crippen LogP contribution is 2.33. The van der Waals surface area contributed by atoms with Gasteiger partial charge in [-0.05, 0) is 30.7 Å². The summed E-state index contributed by atoms with van der Waals surface area (Å²) in [6.45, 7) is 6.57. The van der Waals surface area contributed by atoms with Crippen LogP contribution in [-0.4, -0.2) is 80.1 Å². The summed E-state index contributed by atoms with van der Waals surface area (Å²) in [5, 5.41) is 8.80. The van der Waals surface area contributed by atoms with Crippen molar-refractivity contribution >= 4 is 17.3 Å². The fourth-order valence-electron chi connectivity index (χ4n) is 5.18. The molecule has 5 aromatic rings. The molecule has 210 valence electrons. The van der Waals surface area contributed by atoms with Crippen LogP contribution in [0.2, 0.25) is 0 Å². The molecule has 1 saturated heterocycles. The van der Waals surface area contributed by atoms with Crippen LogP contribution in [0.3, 0.4) is 0 Å². The van der Waals surface area contributed by atoms with Crippen LogP contribution in [0.5, 0.6) is 5.88 Å². The van der Waals surface area contributed by atoms with E-state index in [1.54, 1.807) is 29.4 Å². The molecular weight excluding hydrogens is 520 g/mol. The van der Waals surface area contributed by atoms with Crippen LogP contribution in [0, 0.1) is 0 Å². The van der Waals surface area contributed by atoms with Gasteiger partial charge in [0.15, 0.2) is 0 Å². The van der Waals surface area contributed by atoms with Gasteiger partial charge in [0.2, 0.25) is 5.88 Å². The summed E-state index contributed by atoms with van der Waals surface area (Å²) in [6.07, 6.45) is 11.0. The number of pyridine rings is 3. The zero-order valence-electron chi connectivity index (χ0n) is 23.4. The number of piperazine rings is 1. The Morgan fingerprint density at radius 3 is 2.41 bits per heavy atom. The van der Waals surface area contributed by atoms with E-state index in [1.807, 2.05) is 50.2 Å². The van der Waals surface area contributed by atoms with Crippen LogP contribution in [0.1, 0.15) is 22.8 Å². The molecule has 6 heterocycles. The highest BCUT2D eigenvalue weighted by Gasteiger charge is 2.21. The third kappa shape index (κ3) is 5.48. The van der Waals surface area contributed by atoms with E-state index in [2.05, 4.69) is 43.2 Å². The molecule has 0 unspecified atom stereocenters. The number of ether oxygens (including phenoxy) is 2. The molecule has 11 heteroatoms. The molecule has 0 aliphatic carbocycles. The Balaban J connectivity index is 1.24. The van der Waals surface area contributed by atoms with Gasteiger partial charge in [0.1, 0.15) is 11.4 Å². The molecule has 0 atom stereocenters. The lowest BCUT2D eigenvalue weighted by molar-refractivity contribution is 0.0528. The molecule has 0 radical (unpaired) electrons. The summed E-state index contributed by atoms with van der Waals surface area (Å²) in [4.78, 5) is 26.6. The first kappa shape index (κ1) is 26.5. The van der Waals surface area contributed by atoms with Gasteiger partial charge >= 0.3 is 5.97 Å². The molecule has 1 aliphatic rings. The normalized spacial score (nSPS) is 14.0. The highest BCUT2D eigenvalue weighted by molar-refractivity contribution is 6.02. The number of nitrogens with zero attached hydrogens (tertiary/aromatic N) is 8. The Hall–Kier alpha value is -4.77. The number of aryl methyl sites for hydroxylation is 1. The van der Waals surface area contributed by atoms with Crippen molar-refractivity contribution in [2.45, 2.75) is 13.5 Å². The number of hydrogen-bond donors (Lipinski definition) is 0. The second-order valence-corrected chi connectivity index (χ2v) is 9.99. The molecule has 0 N–H and O–H groups in total. The lowest BCUT2D eigenvalue weighted by Gasteiger charge is -2.35. The number of anilines is 1. The maximum Gasteiger partial charge on any atom is 0.342 e. The van der Waals surface area contributed by atoms with Crippen LogP contribution in [-0.2, 0) is 18.3 Å². The van der Waals surface area contributed by atoms with E-state index < -0.39 is 5.97 Å². The molecule has 0 aromatic carbocycles. The quantitative estimate of drug-likeness (QED) is 0.267. The molecule has 6 rings (SSSR count). The number of carbonyl (C=O) groups excluding carboxylic acids is 1. The minimum absolute atomic E-state index is 0.291. The van der Waals surface area contributed by atoms with E-state index in [9.17, 15) is 4.79 Å². The SMILES string of the molecule is CCOC(=O)c1cnn2cc(-c3cnn(C)c3)cc(-c3ccc(N4CCN(Cc5ccc(OC)nc5)CC4)nc3)c12. The maximum atomic E-state index is 12.8. The number of fused-ring (bicyclic) bond motifs is 1. The van der Waals surface area contributed by atoms with E-state index in [0.29, 0.717) is 23.6 Å². The Kier molecular flexibility index (Phi) is 7.34. The fourth-order valence-corrected chi connectivity index (χ4v) is 5.18. The number of hydrogen-bond acceptors (Lipinski definition) is 9. The highest BCUT2D eigenvalue weighted by atomic mass is 16.5. The molecule has 0 spiro atoms. The van der Waals surface area contributed by atoms with Gasteiger partial charge in [-0.2, -0.15) is 10.2 Å². The van der Waals surface area contributed by atoms with Gasteiger partial charge in [-0.1, -0.05) is 6.07 Å². The molecule has 0 bridgehead atoms. The minimum atomic E-state index is -0.397. The molecule has 0 saturated carbocycles. The van der Waals surface area contributed by atoms with Crippen molar-refractivity contribution in [2.75, 3.05) is 44.8 Å². The van der Waals surface area contributed by atoms with Crippen molar-refractivity contribution < 1.29 is 14.3 Å². The first-order valence-corrected chi connectivity index (χ1v) is 13.6. The molecule has 1 aliphatic heterocycles. The number of carbonyl (C=O) groups is 1. The minimum Gasteiger partial charge on any atom is -0.481 e. The van der Waals surface area contributed by atoms with Gasteiger partial charge in [-0.15, -0.1) is 0 Å². The summed E-state index contributed by atoms with van der Waals surface area (Å²) in [5.41, 5.74) is 5.91. The van der Waals surface area contributed by atoms with E-state index >= 15 is 0 Å². The van der Waals surface area contributed by atoms with E-state index in [-0.39, 0.29) is 0 Å². The zero-order valence-corrected chi connectivity index (χ0v) is 23.4. The third-order valence-corrected chi connectivity index (χ3v) is 7.31. The van der Waals surface area contributed by atoms with E-state index in [4.69, 9.17) is 14.5 Å². The fraction of sp³-hybridized carbons (Fsp3) is 0.300. The van der Waals surface area contributed by atoms with Crippen molar-refractivity contribution in [1.29, 1.82) is 0 Å². The van der Waals surface area contributed by atoms with E-state index in [1.165, 1.54) is 5.56 Å². The largest absolute Gasteiger partial charge is 0.481 e. The monoisotopic (exact) mass is 552 g/mol. The van der Waals surface area contributed by atoms with Gasteiger partial charge < -0.3 is 14.4 Å². The lowest BCUT2D eigenvalue weighted by Crippen LogP contribution is -2.46. The topological polar surface area (TPSA) is 103 Å². The predicted molar refractivity (Wildman–Crippen MR) is 155 cm³/mol. The van der Waals surface area contributed by atoms with Crippen LogP contribution in [0.25, 0.3) is 27.8 Å². The lowest BCUT2D eigenvalue weighted by atomic mass is 10.0. The first-order valence-electron chi connectivity index (χ1n) is 13.6. The van der Waals surface area contributed by atoms with Crippen molar-refractivity contribution in [2.24, 2.45) is 7.05 Å². The molecule has 41 heavy (non-hydrogen) atoms. The number of methoxy groups -OCH3 is 1. The summed E-state index contributed by atoms with van der Waals surface area (Å²) in [5.74, 6) is 1.16. The molecule has 5 aromatic heterocycles. The number of esters is 1. The van der Waals surface area contributed by atoms with Crippen LogP contribution in [0.4, 0.5) is 5.82 Å². The van der Waals surface area contributed by atoms with Crippen molar-refractivity contribution in [3.63, 3.8) is 0 Å². The zero-order chi connectivity index (χ0) is 28.3. The molecular formula is C30H32N8O3. The van der Waals surface area contributed by atoms with Crippen molar-refractivity contribution in [3.8, 4) is 28.1 Å². The average molecular weight is 553 g/mol. The molecule has 11 nitrogen and oxygen atoms in total. The summed E-state index contributed by atoms with van der Waals surface area (Å²) < 4.78 is 14.0. The number of rotatable bonds is 8. The molecule has 0 amide bonds. The standard InChI is InChI=1S/C30H32N8O3/c1-4-41-30(39)26-17-34-38-20-23(24-16-33-35(2)19-24)13-25(29(26)38)22-6-7-27(31-15-22)37-11-9-36(10-12-37)18-21-5-8-28(40-3)32-14-21/h5-8,13-17,19-20H,4,9-12,18H2,1-3H3. The predicted octanol–water partition coefficient (Wildman–Crippen LogP) is 3.70. The van der Waals surface area contributed by atoms with Crippen LogP contribution < -0.4 is 9.64 Å². The Morgan fingerprint density at radius 1 is 0.902 bits per heavy atom. The van der Waals surface area contributed by atoms with E-state index in [0.717, 1.165) is 60.8 Å². The van der Waals surface area contributed by atoms with Gasteiger partial charge in [0, 0.05) is 92.9 Å². The van der Waals surface area contributed by atoms with Crippen LogP contribution in [0.15, 0.2) is 67.5 Å². The second kappa shape index (κ2) is 11.4. The first-order chi connectivity index (χ1) is 20.0. The third-order valence-electron chi connectivity index (χ3n) is 7.31. The Labute approximate surface area is 238 Å². The molecule has 1 fully saturated rings. The van der Waals surface area contributed by atoms with Crippen molar-refractivity contribution in [1.82, 2.24) is 34.3 Å². The van der Waals surface area contributed by atoms with Crippen molar-refractivity contribution in [3.05, 3.63) is 78.6 Å². The van der Waals surface area contributed by atoms with Crippen LogP contribution >= 0.6 is 0 Å². The Morgan fingerprint density at radius 2 is 1.76 bits per heavy atom. The van der Waals surface area contributed by atoms with Gasteiger partial charge in [0.25, 0.3) is 0 Å². The number of aromatic nitrogens is 6. The van der Waals surface area contributed by atoms with Gasteiger partial charge in [0.05, 0.1) is 31.6 Å². The summed E-state index contributed by atoms with van der Waals surface area (Å²) in [7, 11) is 3.51.